The Bertz CT molecular complexity index is 2720. The largest absolute Gasteiger partial charge is 0.422 e. The summed E-state index contributed by atoms with van der Waals surface area (Å²) in [6, 6.07) is 17.9. The van der Waals surface area contributed by atoms with E-state index in [4.69, 9.17) is 28.4 Å². The molecule has 3 aromatic carbocycles. The minimum Gasteiger partial charge on any atom is -0.422 e. The molecule has 0 aliphatic rings. The lowest BCUT2D eigenvalue weighted by Gasteiger charge is -2.15. The molecular weight excluding hydrogens is 1040 g/mol. The van der Waals surface area contributed by atoms with E-state index in [9.17, 15) is 36.9 Å². The predicted molar refractivity (Wildman–Crippen MR) is 259 cm³/mol. The second kappa shape index (κ2) is 26.7. The molecule has 0 aliphatic heterocycles. The molecule has 0 saturated carbocycles. The van der Waals surface area contributed by atoms with Crippen LogP contribution in [0.3, 0.4) is 0 Å². The maximum absolute atomic E-state index is 14.0. The van der Waals surface area contributed by atoms with Gasteiger partial charge in [0.05, 0.1) is 94.7 Å². The number of aromatic nitrogens is 3. The molecule has 5 rings (SSSR count). The summed E-state index contributed by atoms with van der Waals surface area (Å²) in [5.74, 6) is -1.23. The number of para-hydroxylation sites is 2. The molecule has 22 heteroatoms. The van der Waals surface area contributed by atoms with Crippen molar-refractivity contribution in [3.05, 3.63) is 113 Å². The predicted octanol–water partition coefficient (Wildman–Crippen LogP) is 3.80. The Hall–Kier alpha value is -4.91. The zero-order valence-electron chi connectivity index (χ0n) is 38.1. The number of carbonyl (C=O) groups excluding carboxylic acids is 3. The van der Waals surface area contributed by atoms with Gasteiger partial charge in [-0.3, -0.25) is 23.7 Å². The molecule has 368 valence electrons. The molecule has 2 aromatic heterocycles. The fraction of sp³-hybridized carbons (Fsp3) is 0.435. The number of hydrogen-bond donors (Lipinski definition) is 3. The van der Waals surface area contributed by atoms with Gasteiger partial charge < -0.3 is 39.1 Å². The van der Waals surface area contributed by atoms with Gasteiger partial charge in [0, 0.05) is 50.7 Å². The number of nitrogens with zero attached hydrogens (tertiary/aromatic N) is 3. The van der Waals surface area contributed by atoms with Crippen molar-refractivity contribution in [3.63, 3.8) is 0 Å². The molecule has 0 bridgehead atoms. The monoisotopic (exact) mass is 1090 g/mol. The Morgan fingerprint density at radius 2 is 1.18 bits per heavy atom. The lowest BCUT2D eigenvalue weighted by Crippen LogP contribution is -2.39. The van der Waals surface area contributed by atoms with Crippen LogP contribution in [0.5, 0.6) is 5.75 Å². The number of ether oxygens (including phenoxy) is 6. The van der Waals surface area contributed by atoms with Crippen LogP contribution in [0.15, 0.2) is 79.2 Å². The molecule has 3 N–H and O–H groups in total. The van der Waals surface area contributed by atoms with Gasteiger partial charge in [0.1, 0.15) is 14.7 Å². The fourth-order valence-electron chi connectivity index (χ4n) is 7.19. The van der Waals surface area contributed by atoms with Crippen LogP contribution in [0.25, 0.3) is 21.8 Å². The Kier molecular flexibility index (Phi) is 21.2. The summed E-state index contributed by atoms with van der Waals surface area (Å²) in [4.78, 5) is 63.8. The Morgan fingerprint density at radius 1 is 0.706 bits per heavy atom. The summed E-state index contributed by atoms with van der Waals surface area (Å²) in [7, 11) is -2.68. The number of fused-ring (bicyclic) bond motifs is 2. The van der Waals surface area contributed by atoms with Gasteiger partial charge in [0.2, 0.25) is 16.9 Å². The lowest BCUT2D eigenvalue weighted by atomic mass is 10.0. The highest BCUT2D eigenvalue weighted by atomic mass is 79.9. The quantitative estimate of drug-likeness (QED) is 0.0162. The van der Waals surface area contributed by atoms with Crippen LogP contribution in [0.4, 0.5) is 0 Å². The number of nitrogens with one attached hydrogen (secondary N) is 2. The van der Waals surface area contributed by atoms with Gasteiger partial charge >= 0.3 is 5.97 Å². The number of pyridine rings is 1. The second-order valence-electron chi connectivity index (χ2n) is 15.3. The van der Waals surface area contributed by atoms with E-state index >= 15 is 0 Å². The van der Waals surface area contributed by atoms with E-state index in [0.29, 0.717) is 109 Å². The maximum Gasteiger partial charge on any atom is 0.345 e. The molecule has 2 heterocycles. The number of aryl methyl sites for hydroxylation is 3. The topological polar surface area (TPSA) is 233 Å². The zero-order valence-corrected chi connectivity index (χ0v) is 42.0. The van der Waals surface area contributed by atoms with E-state index in [1.165, 1.54) is 11.7 Å². The molecular formula is C46H56Br2N5O14S+. The zero-order chi connectivity index (χ0) is 49.2. The number of rotatable bonds is 28. The number of carbonyl (C=O) groups is 3. The molecule has 0 spiro atoms. The summed E-state index contributed by atoms with van der Waals surface area (Å²) in [6.07, 6.45) is 0.186. The van der Waals surface area contributed by atoms with Gasteiger partial charge in [0.15, 0.2) is 6.54 Å². The SMILES string of the molecule is Cc1cc(C(=O)NCCOCCOCCOCCOCCOCCNC(=O)CCn2c(=O)c(Br)c(Br)c(=O)n2C)cc(C)c1OC(=O)c1c2ccccc2[n+](CCCS(=O)(=O)O)c2ccccc12. The first kappa shape index (κ1) is 54.0. The molecule has 0 saturated heterocycles. The van der Waals surface area contributed by atoms with E-state index in [0.717, 1.165) is 4.68 Å². The molecule has 0 unspecified atom stereocenters. The molecule has 2 amide bonds. The Balaban J connectivity index is 0.908. The fourth-order valence-corrected chi connectivity index (χ4v) is 8.48. The van der Waals surface area contributed by atoms with Crippen molar-refractivity contribution in [3.8, 4) is 5.75 Å². The molecule has 0 aliphatic carbocycles. The van der Waals surface area contributed by atoms with Gasteiger partial charge in [-0.05, 0) is 81.1 Å². The third kappa shape index (κ3) is 15.6. The molecule has 19 nitrogen and oxygen atoms in total. The number of benzene rings is 3. The first-order chi connectivity index (χ1) is 32.6. The molecule has 0 atom stereocenters. The molecule has 68 heavy (non-hydrogen) atoms. The highest BCUT2D eigenvalue weighted by molar-refractivity contribution is 9.13. The van der Waals surface area contributed by atoms with E-state index in [2.05, 4.69) is 42.5 Å². The third-order valence-corrected chi connectivity index (χ3v) is 13.2. The maximum atomic E-state index is 14.0. The van der Waals surface area contributed by atoms with Crippen molar-refractivity contribution in [1.29, 1.82) is 0 Å². The van der Waals surface area contributed by atoms with Crippen LogP contribution in [-0.4, -0.2) is 125 Å². The van der Waals surface area contributed by atoms with E-state index in [1.807, 2.05) is 53.1 Å². The summed E-state index contributed by atoms with van der Waals surface area (Å²) in [6.45, 7) is 7.83. The molecule has 5 aromatic rings. The first-order valence-electron chi connectivity index (χ1n) is 21.8. The van der Waals surface area contributed by atoms with Crippen molar-refractivity contribution in [2.24, 2.45) is 7.05 Å². The highest BCUT2D eigenvalue weighted by Crippen LogP contribution is 2.30. The highest BCUT2D eigenvalue weighted by Gasteiger charge is 2.27. The molecule has 0 fully saturated rings. The summed E-state index contributed by atoms with van der Waals surface area (Å²) in [5, 5.41) is 6.80. The number of halogens is 2. The van der Waals surface area contributed by atoms with Crippen LogP contribution in [0, 0.1) is 13.8 Å². The second-order valence-corrected chi connectivity index (χ2v) is 18.5. The van der Waals surface area contributed by atoms with Gasteiger partial charge in [0.25, 0.3) is 27.1 Å². The summed E-state index contributed by atoms with van der Waals surface area (Å²) < 4.78 is 70.3. The van der Waals surface area contributed by atoms with Crippen molar-refractivity contribution < 1.29 is 60.3 Å². The first-order valence-corrected chi connectivity index (χ1v) is 25.0. The van der Waals surface area contributed by atoms with Gasteiger partial charge in [-0.1, -0.05) is 24.3 Å². The van der Waals surface area contributed by atoms with Crippen molar-refractivity contribution >= 4 is 81.6 Å². The van der Waals surface area contributed by atoms with E-state index in [1.54, 1.807) is 26.0 Å². The lowest BCUT2D eigenvalue weighted by molar-refractivity contribution is -0.645. The van der Waals surface area contributed by atoms with Crippen LogP contribution in [0.2, 0.25) is 0 Å². The average Bonchev–Trinajstić information content (AvgIpc) is 3.31. The van der Waals surface area contributed by atoms with Crippen LogP contribution in [-0.2, 0) is 58.7 Å². The van der Waals surface area contributed by atoms with Crippen LogP contribution >= 0.6 is 31.9 Å². The number of hydrogen-bond acceptors (Lipinski definition) is 13. The summed E-state index contributed by atoms with van der Waals surface area (Å²) >= 11 is 6.18. The van der Waals surface area contributed by atoms with E-state index < -0.39 is 33.0 Å². The smallest absolute Gasteiger partial charge is 0.345 e. The van der Waals surface area contributed by atoms with E-state index in [-0.39, 0.29) is 66.4 Å². The van der Waals surface area contributed by atoms with Crippen LogP contribution in [0.1, 0.15) is 44.7 Å². The number of esters is 1. The Morgan fingerprint density at radius 3 is 1.69 bits per heavy atom. The average molecular weight is 1090 g/mol. The third-order valence-electron chi connectivity index (χ3n) is 10.4. The summed E-state index contributed by atoms with van der Waals surface area (Å²) in [5.41, 5.74) is 2.53. The Labute approximate surface area is 410 Å². The molecule has 0 radical (unpaired) electrons. The van der Waals surface area contributed by atoms with Gasteiger partial charge in [-0.25, -0.2) is 14.2 Å². The number of amides is 2. The van der Waals surface area contributed by atoms with Crippen molar-refractivity contribution in [2.75, 3.05) is 84.9 Å². The van der Waals surface area contributed by atoms with Gasteiger partial charge in [-0.15, -0.1) is 0 Å². The van der Waals surface area contributed by atoms with Crippen LogP contribution < -0.4 is 31.1 Å². The van der Waals surface area contributed by atoms with Crippen molar-refractivity contribution in [2.45, 2.75) is 39.8 Å². The standard InChI is InChI=1S/C46H55Br2N5O14S/c1-31-29-33(30-32(2)42(31)67-46(58)39-34-9-4-6-11-36(34)52(16-8-28-68(59,60)61)37-12-7-5-10-35(37)39)43(55)50-15-19-63-21-23-65-25-27-66-26-24-64-22-20-62-18-14-49-38(54)13-17-53-45(57)41(48)40(47)44(56)51(53)3/h4-7,9-12,29-30H,8,13-28H2,1-3H3,(H2-,49,50,54,55,59,60,61)/p+1. The minimum atomic E-state index is -4.14. The normalized spacial score (nSPS) is 11.6. The minimum absolute atomic E-state index is 0.0157. The van der Waals surface area contributed by atoms with Crippen molar-refractivity contribution in [1.82, 2.24) is 20.0 Å². The van der Waals surface area contributed by atoms with Gasteiger partial charge in [-0.2, -0.15) is 13.0 Å².